The fraction of sp³-hybridized carbons (Fsp3) is 0.350. The molecule has 2 aromatic rings. The molecule has 0 saturated heterocycles. The summed E-state index contributed by atoms with van der Waals surface area (Å²) in [5.74, 6) is -1.07. The number of nitrogens with one attached hydrogen (secondary N) is 1. The lowest BCUT2D eigenvalue weighted by atomic mass is 9.94. The van der Waals surface area contributed by atoms with Crippen molar-refractivity contribution in [2.24, 2.45) is 0 Å². The van der Waals surface area contributed by atoms with Crippen molar-refractivity contribution >= 4 is 23.0 Å². The zero-order chi connectivity index (χ0) is 19.4. The van der Waals surface area contributed by atoms with Crippen molar-refractivity contribution in [2.45, 2.75) is 38.1 Å². The molecule has 0 atom stereocenters. The standard InChI is InChI=1S/C20H22FN3O3/c1-23(15-7-3-2-4-8-15)19-12-11-14(13-17(19)21)22-20(25)16-9-5-6-10-18(16)24(26)27/h5-6,9-13,15H,2-4,7-8H2,1H3,(H,22,25). The van der Waals surface area contributed by atoms with Gasteiger partial charge < -0.3 is 10.2 Å². The van der Waals surface area contributed by atoms with Crippen LogP contribution in [0, 0.1) is 15.9 Å². The van der Waals surface area contributed by atoms with Gasteiger partial charge in [-0.25, -0.2) is 4.39 Å². The smallest absolute Gasteiger partial charge is 0.282 e. The average Bonchev–Trinajstić information content (AvgIpc) is 2.68. The minimum atomic E-state index is -0.643. The van der Waals surface area contributed by atoms with Gasteiger partial charge in [0.05, 0.1) is 10.6 Å². The second kappa shape index (κ2) is 8.16. The summed E-state index contributed by atoms with van der Waals surface area (Å²) in [6.07, 6.45) is 5.63. The van der Waals surface area contributed by atoms with E-state index in [0.29, 0.717) is 11.7 Å². The molecule has 27 heavy (non-hydrogen) atoms. The Labute approximate surface area is 157 Å². The zero-order valence-corrected chi connectivity index (χ0v) is 15.2. The quantitative estimate of drug-likeness (QED) is 0.608. The Balaban J connectivity index is 1.76. The van der Waals surface area contributed by atoms with Crippen molar-refractivity contribution in [3.8, 4) is 0 Å². The Hall–Kier alpha value is -2.96. The lowest BCUT2D eigenvalue weighted by Gasteiger charge is -2.33. The highest BCUT2D eigenvalue weighted by Crippen LogP contribution is 2.29. The van der Waals surface area contributed by atoms with Crippen LogP contribution >= 0.6 is 0 Å². The molecule has 0 spiro atoms. The summed E-state index contributed by atoms with van der Waals surface area (Å²) in [6, 6.07) is 10.5. The molecule has 0 aromatic heterocycles. The second-order valence-electron chi connectivity index (χ2n) is 6.80. The maximum atomic E-state index is 14.6. The van der Waals surface area contributed by atoms with E-state index >= 15 is 0 Å². The monoisotopic (exact) mass is 371 g/mol. The van der Waals surface area contributed by atoms with Crippen LogP contribution in [-0.2, 0) is 0 Å². The molecule has 6 nitrogen and oxygen atoms in total. The number of nitro groups is 1. The molecule has 7 heteroatoms. The Morgan fingerprint density at radius 2 is 1.89 bits per heavy atom. The molecule has 2 aromatic carbocycles. The van der Waals surface area contributed by atoms with Gasteiger partial charge in [0.1, 0.15) is 11.4 Å². The maximum absolute atomic E-state index is 14.6. The molecule has 3 rings (SSSR count). The number of hydrogen-bond donors (Lipinski definition) is 1. The van der Waals surface area contributed by atoms with Crippen LogP contribution in [-0.4, -0.2) is 23.9 Å². The molecule has 0 heterocycles. The van der Waals surface area contributed by atoms with Gasteiger partial charge in [0.15, 0.2) is 0 Å². The predicted molar refractivity (Wildman–Crippen MR) is 103 cm³/mol. The van der Waals surface area contributed by atoms with Crippen LogP contribution in [0.3, 0.4) is 0 Å². The number of rotatable bonds is 5. The highest BCUT2D eigenvalue weighted by Gasteiger charge is 2.22. The van der Waals surface area contributed by atoms with Gasteiger partial charge in [-0.05, 0) is 37.1 Å². The first-order chi connectivity index (χ1) is 13.0. The lowest BCUT2D eigenvalue weighted by molar-refractivity contribution is -0.385. The third-order valence-electron chi connectivity index (χ3n) is 5.05. The van der Waals surface area contributed by atoms with Crippen molar-refractivity contribution in [1.29, 1.82) is 0 Å². The summed E-state index contributed by atoms with van der Waals surface area (Å²) in [6.45, 7) is 0. The van der Waals surface area contributed by atoms with E-state index in [0.717, 1.165) is 25.7 Å². The number of para-hydroxylation sites is 1. The Kier molecular flexibility index (Phi) is 5.69. The van der Waals surface area contributed by atoms with Gasteiger partial charge in [-0.15, -0.1) is 0 Å². The van der Waals surface area contributed by atoms with Crippen molar-refractivity contribution in [2.75, 3.05) is 17.3 Å². The minimum Gasteiger partial charge on any atom is -0.369 e. The number of anilines is 2. The van der Waals surface area contributed by atoms with Crippen molar-refractivity contribution in [3.63, 3.8) is 0 Å². The normalized spacial score (nSPS) is 14.6. The molecule has 0 unspecified atom stereocenters. The van der Waals surface area contributed by atoms with Crippen molar-refractivity contribution < 1.29 is 14.1 Å². The molecule has 1 aliphatic rings. The van der Waals surface area contributed by atoms with Gasteiger partial charge in [0, 0.05) is 24.8 Å². The fourth-order valence-corrected chi connectivity index (χ4v) is 3.56. The average molecular weight is 371 g/mol. The minimum absolute atomic E-state index is 0.0636. The van der Waals surface area contributed by atoms with Crippen LogP contribution in [0.5, 0.6) is 0 Å². The molecule has 0 aliphatic heterocycles. The van der Waals surface area contributed by atoms with Crippen LogP contribution in [0.25, 0.3) is 0 Å². The largest absolute Gasteiger partial charge is 0.369 e. The number of hydrogen-bond acceptors (Lipinski definition) is 4. The van der Waals surface area contributed by atoms with E-state index < -0.39 is 16.6 Å². The number of nitro benzene ring substituents is 1. The SMILES string of the molecule is CN(c1ccc(NC(=O)c2ccccc2[N+](=O)[O-])cc1F)C1CCCCC1. The van der Waals surface area contributed by atoms with Crippen molar-refractivity contribution in [1.82, 2.24) is 0 Å². The van der Waals surface area contributed by atoms with Gasteiger partial charge in [-0.3, -0.25) is 14.9 Å². The zero-order valence-electron chi connectivity index (χ0n) is 15.2. The van der Waals surface area contributed by atoms with Crippen molar-refractivity contribution in [3.05, 3.63) is 64.0 Å². The predicted octanol–water partition coefficient (Wildman–Crippen LogP) is 4.76. The van der Waals surface area contributed by atoms with E-state index in [1.165, 1.54) is 30.7 Å². The van der Waals surface area contributed by atoms with Crippen LogP contribution < -0.4 is 10.2 Å². The highest BCUT2D eigenvalue weighted by atomic mass is 19.1. The Bertz CT molecular complexity index is 850. The summed E-state index contributed by atoms with van der Waals surface area (Å²) in [5.41, 5.74) is 0.400. The van der Waals surface area contributed by atoms with Crippen LogP contribution in [0.2, 0.25) is 0 Å². The van der Waals surface area contributed by atoms with Crippen LogP contribution in [0.4, 0.5) is 21.5 Å². The Morgan fingerprint density at radius 3 is 2.56 bits per heavy atom. The van der Waals surface area contributed by atoms with E-state index in [2.05, 4.69) is 5.32 Å². The number of nitrogens with zero attached hydrogens (tertiary/aromatic N) is 2. The van der Waals surface area contributed by atoms with Gasteiger partial charge in [-0.1, -0.05) is 31.4 Å². The first-order valence-corrected chi connectivity index (χ1v) is 9.04. The summed E-state index contributed by atoms with van der Waals surface area (Å²) in [7, 11) is 1.89. The Morgan fingerprint density at radius 1 is 1.19 bits per heavy atom. The summed E-state index contributed by atoms with van der Waals surface area (Å²) >= 11 is 0. The summed E-state index contributed by atoms with van der Waals surface area (Å²) < 4.78 is 14.6. The van der Waals surface area contributed by atoms with Gasteiger partial charge >= 0.3 is 0 Å². The summed E-state index contributed by atoms with van der Waals surface area (Å²) in [4.78, 5) is 24.8. The molecule has 1 fully saturated rings. The second-order valence-corrected chi connectivity index (χ2v) is 6.80. The molecule has 0 radical (unpaired) electrons. The van der Waals surface area contributed by atoms with E-state index in [1.54, 1.807) is 18.2 Å². The number of benzene rings is 2. The number of amides is 1. The highest BCUT2D eigenvalue weighted by molar-refractivity contribution is 6.07. The number of halogens is 1. The molecule has 0 bridgehead atoms. The van der Waals surface area contributed by atoms with E-state index in [-0.39, 0.29) is 16.9 Å². The van der Waals surface area contributed by atoms with Gasteiger partial charge in [0.2, 0.25) is 0 Å². The first kappa shape index (κ1) is 18.8. The molecule has 1 amide bonds. The first-order valence-electron chi connectivity index (χ1n) is 9.04. The van der Waals surface area contributed by atoms with Gasteiger partial charge in [0.25, 0.3) is 11.6 Å². The number of carbonyl (C=O) groups excluding carboxylic acids is 1. The van der Waals surface area contributed by atoms with E-state index in [1.807, 2.05) is 11.9 Å². The molecule has 1 N–H and O–H groups in total. The third-order valence-corrected chi connectivity index (χ3v) is 5.05. The topological polar surface area (TPSA) is 75.5 Å². The van der Waals surface area contributed by atoms with E-state index in [9.17, 15) is 19.3 Å². The van der Waals surface area contributed by atoms with Crippen LogP contribution in [0.15, 0.2) is 42.5 Å². The molecule has 142 valence electrons. The lowest BCUT2D eigenvalue weighted by Crippen LogP contribution is -2.33. The number of carbonyl (C=O) groups is 1. The molecule has 1 aliphatic carbocycles. The van der Waals surface area contributed by atoms with Crippen LogP contribution in [0.1, 0.15) is 42.5 Å². The fourth-order valence-electron chi connectivity index (χ4n) is 3.56. The molecular weight excluding hydrogens is 349 g/mol. The summed E-state index contributed by atoms with van der Waals surface area (Å²) in [5, 5.41) is 13.6. The van der Waals surface area contributed by atoms with E-state index in [4.69, 9.17) is 0 Å². The maximum Gasteiger partial charge on any atom is 0.282 e. The molecule has 1 saturated carbocycles. The third kappa shape index (κ3) is 4.24. The molecular formula is C20H22FN3O3. The van der Waals surface area contributed by atoms with Gasteiger partial charge in [-0.2, -0.15) is 0 Å².